The molecule has 0 aliphatic heterocycles. The molecule has 0 atom stereocenters. The lowest BCUT2D eigenvalue weighted by Gasteiger charge is -2.04. The Hall–Kier alpha value is -3.51. The van der Waals surface area contributed by atoms with Gasteiger partial charge in [0, 0.05) is 18.1 Å². The summed E-state index contributed by atoms with van der Waals surface area (Å²) in [7, 11) is 0. The molecule has 110 valence electrons. The van der Waals surface area contributed by atoms with E-state index in [4.69, 9.17) is 6.57 Å². The van der Waals surface area contributed by atoms with Gasteiger partial charge in [-0.1, -0.05) is 0 Å². The molecule has 3 aromatic rings. The molecule has 0 N–H and O–H groups in total. The van der Waals surface area contributed by atoms with Gasteiger partial charge >= 0.3 is 0 Å². The van der Waals surface area contributed by atoms with Gasteiger partial charge < -0.3 is 0 Å². The van der Waals surface area contributed by atoms with E-state index < -0.39 is 5.82 Å². The first-order valence-corrected chi connectivity index (χ1v) is 6.70. The highest BCUT2D eigenvalue weighted by atomic mass is 19.1. The van der Waals surface area contributed by atoms with Crippen LogP contribution in [0.4, 0.5) is 10.1 Å². The van der Waals surface area contributed by atoms with Crippen molar-refractivity contribution in [2.24, 2.45) is 0 Å². The molecule has 1 aromatic carbocycles. The maximum Gasteiger partial charge on any atom is 0.205 e. The third-order valence-electron chi connectivity index (χ3n) is 3.00. The topological polar surface area (TPSA) is 48.0 Å². The van der Waals surface area contributed by atoms with Gasteiger partial charge in [0.15, 0.2) is 5.69 Å². The molecule has 0 aliphatic rings. The number of nitrogens with zero attached hydrogens (tertiary/aromatic N) is 5. The van der Waals surface area contributed by atoms with Crippen LogP contribution in [0, 0.1) is 31.2 Å². The summed E-state index contributed by atoms with van der Waals surface area (Å²) in [5.74, 6) is 5.62. The van der Waals surface area contributed by atoms with Crippen LogP contribution in [0.15, 0.2) is 42.7 Å². The van der Waals surface area contributed by atoms with E-state index in [1.54, 1.807) is 35.3 Å². The molecule has 0 bridgehead atoms. The van der Waals surface area contributed by atoms with Crippen LogP contribution in [0.2, 0.25) is 0 Å². The van der Waals surface area contributed by atoms with Crippen LogP contribution in [0.25, 0.3) is 10.5 Å². The predicted octanol–water partition coefficient (Wildman–Crippen LogP) is 3.06. The summed E-state index contributed by atoms with van der Waals surface area (Å²) in [6.45, 7) is 8.84. The third-order valence-corrected chi connectivity index (χ3v) is 3.00. The van der Waals surface area contributed by atoms with Crippen molar-refractivity contribution in [3.8, 4) is 17.5 Å². The molecule has 0 fully saturated rings. The van der Waals surface area contributed by atoms with Gasteiger partial charge in [0.2, 0.25) is 5.82 Å². The minimum absolute atomic E-state index is 0.222. The second-order valence-corrected chi connectivity index (χ2v) is 4.68. The summed E-state index contributed by atoms with van der Waals surface area (Å²) in [6, 6.07) is 7.57. The van der Waals surface area contributed by atoms with Gasteiger partial charge in [0.05, 0.1) is 12.3 Å². The zero-order valence-electron chi connectivity index (χ0n) is 12.2. The molecule has 0 spiro atoms. The quantitative estimate of drug-likeness (QED) is 0.513. The standard InChI is InChI=1S/C17H10FN5/c1-12-8-14(4-5-17-20-6-3-7-21-17)22-23(12)16-10-13(18)9-15(11-16)19-2/h3,6-11H,1H3. The average Bonchev–Trinajstić information content (AvgIpc) is 2.94. The molecule has 5 nitrogen and oxygen atoms in total. The monoisotopic (exact) mass is 303 g/mol. The molecule has 2 heterocycles. The van der Waals surface area contributed by atoms with Crippen LogP contribution < -0.4 is 0 Å². The fraction of sp³-hybridized carbons (Fsp3) is 0.0588. The van der Waals surface area contributed by atoms with Crippen molar-refractivity contribution in [3.05, 3.63) is 77.2 Å². The number of hydrogen-bond acceptors (Lipinski definition) is 3. The number of aryl methyl sites for hydroxylation is 1. The van der Waals surface area contributed by atoms with E-state index in [-0.39, 0.29) is 5.69 Å². The number of rotatable bonds is 1. The molecule has 0 amide bonds. The summed E-state index contributed by atoms with van der Waals surface area (Å²) in [4.78, 5) is 11.3. The van der Waals surface area contributed by atoms with E-state index in [1.807, 2.05) is 6.92 Å². The highest BCUT2D eigenvalue weighted by molar-refractivity contribution is 5.53. The highest BCUT2D eigenvalue weighted by Crippen LogP contribution is 2.21. The lowest BCUT2D eigenvalue weighted by molar-refractivity contribution is 0.626. The smallest absolute Gasteiger partial charge is 0.205 e. The van der Waals surface area contributed by atoms with Gasteiger partial charge in [-0.15, -0.1) is 0 Å². The Morgan fingerprint density at radius 2 is 1.91 bits per heavy atom. The minimum Gasteiger partial charge on any atom is -0.238 e. The molecular weight excluding hydrogens is 293 g/mol. The van der Waals surface area contributed by atoms with Crippen LogP contribution in [0.1, 0.15) is 17.2 Å². The molecule has 23 heavy (non-hydrogen) atoms. The van der Waals surface area contributed by atoms with E-state index in [2.05, 4.69) is 31.8 Å². The number of aromatic nitrogens is 4. The zero-order valence-corrected chi connectivity index (χ0v) is 12.2. The molecule has 0 radical (unpaired) electrons. The lowest BCUT2D eigenvalue weighted by atomic mass is 10.2. The summed E-state index contributed by atoms with van der Waals surface area (Å²) in [6.07, 6.45) is 3.22. The molecule has 0 unspecified atom stereocenters. The van der Waals surface area contributed by atoms with Gasteiger partial charge in [-0.05, 0) is 49.1 Å². The fourth-order valence-electron chi connectivity index (χ4n) is 2.03. The number of halogens is 1. The SMILES string of the molecule is [C-]#[N+]c1cc(F)cc(-n2nc(C#Cc3ncccn3)cc2C)c1. The van der Waals surface area contributed by atoms with Crippen molar-refractivity contribution in [2.45, 2.75) is 6.92 Å². The first-order chi connectivity index (χ1) is 11.2. The Labute approximate surface area is 132 Å². The first-order valence-electron chi connectivity index (χ1n) is 6.70. The lowest BCUT2D eigenvalue weighted by Crippen LogP contribution is -1.99. The molecule has 0 aliphatic carbocycles. The maximum absolute atomic E-state index is 13.6. The Kier molecular flexibility index (Phi) is 3.82. The summed E-state index contributed by atoms with van der Waals surface area (Å²) < 4.78 is 15.1. The average molecular weight is 303 g/mol. The van der Waals surface area contributed by atoms with Crippen molar-refractivity contribution in [1.29, 1.82) is 0 Å². The third kappa shape index (κ3) is 3.22. The second kappa shape index (κ2) is 6.08. The van der Waals surface area contributed by atoms with E-state index in [0.29, 0.717) is 17.2 Å². The van der Waals surface area contributed by atoms with Crippen molar-refractivity contribution in [1.82, 2.24) is 19.7 Å². The highest BCUT2D eigenvalue weighted by Gasteiger charge is 2.08. The van der Waals surface area contributed by atoms with E-state index in [0.717, 1.165) is 5.69 Å². The largest absolute Gasteiger partial charge is 0.238 e. The zero-order chi connectivity index (χ0) is 16.2. The van der Waals surface area contributed by atoms with Crippen molar-refractivity contribution < 1.29 is 4.39 Å². The van der Waals surface area contributed by atoms with Gasteiger partial charge in [-0.25, -0.2) is 23.9 Å². The number of benzene rings is 1. The Balaban J connectivity index is 1.98. The molecule has 3 rings (SSSR count). The predicted molar refractivity (Wildman–Crippen MR) is 82.5 cm³/mol. The minimum atomic E-state index is -0.478. The first kappa shape index (κ1) is 14.4. The van der Waals surface area contributed by atoms with E-state index >= 15 is 0 Å². The molecule has 2 aromatic heterocycles. The van der Waals surface area contributed by atoms with Crippen molar-refractivity contribution in [2.75, 3.05) is 0 Å². The van der Waals surface area contributed by atoms with Crippen LogP contribution in [0.3, 0.4) is 0 Å². The molecular formula is C17H10FN5. The van der Waals surface area contributed by atoms with Crippen LogP contribution in [-0.2, 0) is 0 Å². The van der Waals surface area contributed by atoms with Crippen LogP contribution in [0.5, 0.6) is 0 Å². The summed E-state index contributed by atoms with van der Waals surface area (Å²) in [5.41, 5.74) is 2.01. The molecule has 0 saturated carbocycles. The van der Waals surface area contributed by atoms with E-state index in [9.17, 15) is 4.39 Å². The van der Waals surface area contributed by atoms with Gasteiger partial charge in [-0.2, -0.15) is 5.10 Å². The van der Waals surface area contributed by atoms with Crippen LogP contribution >= 0.6 is 0 Å². The Morgan fingerprint density at radius 3 is 2.65 bits per heavy atom. The molecule has 0 saturated heterocycles. The Morgan fingerprint density at radius 1 is 1.13 bits per heavy atom. The fourth-order valence-corrected chi connectivity index (χ4v) is 2.03. The maximum atomic E-state index is 13.6. The Bertz CT molecular complexity index is 958. The van der Waals surface area contributed by atoms with Gasteiger partial charge in [0.1, 0.15) is 11.5 Å². The van der Waals surface area contributed by atoms with Crippen molar-refractivity contribution >= 4 is 5.69 Å². The van der Waals surface area contributed by atoms with Crippen LogP contribution in [-0.4, -0.2) is 19.7 Å². The number of hydrogen-bond donors (Lipinski definition) is 0. The normalized spacial score (nSPS) is 9.78. The summed E-state index contributed by atoms with van der Waals surface area (Å²) >= 11 is 0. The second-order valence-electron chi connectivity index (χ2n) is 4.68. The van der Waals surface area contributed by atoms with Gasteiger partial charge in [-0.3, -0.25) is 0 Å². The van der Waals surface area contributed by atoms with E-state index in [1.165, 1.54) is 12.1 Å². The van der Waals surface area contributed by atoms with Crippen molar-refractivity contribution in [3.63, 3.8) is 0 Å². The summed E-state index contributed by atoms with van der Waals surface area (Å²) in [5, 5.41) is 4.33. The van der Waals surface area contributed by atoms with Gasteiger partial charge in [0.25, 0.3) is 0 Å². The molecule has 6 heteroatoms.